The van der Waals surface area contributed by atoms with Crippen molar-refractivity contribution in [3.8, 4) is 0 Å². The van der Waals surface area contributed by atoms with Crippen LogP contribution in [-0.2, 0) is 13.0 Å². The van der Waals surface area contributed by atoms with Crippen molar-refractivity contribution >= 4 is 17.4 Å². The number of H-pyrrole nitrogens is 2. The summed E-state index contributed by atoms with van der Waals surface area (Å²) in [5, 5.41) is 10.7. The molecule has 0 bridgehead atoms. The predicted octanol–water partition coefficient (Wildman–Crippen LogP) is 1.92. The van der Waals surface area contributed by atoms with Gasteiger partial charge in [0.05, 0.1) is 4.92 Å². The summed E-state index contributed by atoms with van der Waals surface area (Å²) < 4.78 is 0.959. The number of hydrogen-bond donors (Lipinski definition) is 2. The number of non-ortho nitro benzene ring substituents is 1. The first kappa shape index (κ1) is 19.4. The molecule has 28 heavy (non-hydrogen) atoms. The second-order valence-corrected chi connectivity index (χ2v) is 7.09. The van der Waals surface area contributed by atoms with E-state index in [-0.39, 0.29) is 12.2 Å². The Labute approximate surface area is 162 Å². The zero-order valence-electron chi connectivity index (χ0n) is 14.6. The molecule has 9 nitrogen and oxygen atoms in total. The minimum atomic E-state index is -0.813. The van der Waals surface area contributed by atoms with Crippen LogP contribution < -0.4 is 17.1 Å². The van der Waals surface area contributed by atoms with Gasteiger partial charge in [0.15, 0.2) is 0 Å². The SMILES string of the molecule is O=c1[nH]c(=O)n(CCCc2ccc(Sc3ccc([N+](=O)[O-])cc3)cc2)c(=O)[nH]1. The molecular weight excluding hydrogens is 384 g/mol. The number of nitro groups is 1. The molecular formula is C18H16N4O5S. The molecule has 3 aromatic rings. The van der Waals surface area contributed by atoms with E-state index in [2.05, 4.69) is 0 Å². The van der Waals surface area contributed by atoms with E-state index in [4.69, 9.17) is 0 Å². The van der Waals surface area contributed by atoms with Gasteiger partial charge >= 0.3 is 17.1 Å². The van der Waals surface area contributed by atoms with Crippen molar-refractivity contribution in [1.82, 2.24) is 14.5 Å². The molecule has 3 rings (SSSR count). The normalized spacial score (nSPS) is 10.7. The van der Waals surface area contributed by atoms with Gasteiger partial charge in [0.1, 0.15) is 0 Å². The van der Waals surface area contributed by atoms with Crippen LogP contribution in [0.3, 0.4) is 0 Å². The van der Waals surface area contributed by atoms with Crippen molar-refractivity contribution < 1.29 is 4.92 Å². The molecule has 0 saturated heterocycles. The van der Waals surface area contributed by atoms with E-state index in [1.165, 1.54) is 23.9 Å². The average molecular weight is 400 g/mol. The molecule has 0 aliphatic carbocycles. The number of hydrogen-bond acceptors (Lipinski definition) is 6. The maximum atomic E-state index is 11.6. The molecule has 0 unspecified atom stereocenters. The zero-order valence-corrected chi connectivity index (χ0v) is 15.4. The van der Waals surface area contributed by atoms with Gasteiger partial charge in [-0.25, -0.2) is 19.0 Å². The first-order chi connectivity index (χ1) is 13.4. The van der Waals surface area contributed by atoms with Gasteiger partial charge in [-0.2, -0.15) is 0 Å². The minimum absolute atomic E-state index is 0.0557. The molecule has 0 saturated carbocycles. The number of nitrogens with zero attached hydrogens (tertiary/aromatic N) is 2. The maximum absolute atomic E-state index is 11.6. The van der Waals surface area contributed by atoms with Crippen molar-refractivity contribution in [2.24, 2.45) is 0 Å². The second-order valence-electron chi connectivity index (χ2n) is 5.94. The molecule has 0 amide bonds. The fraction of sp³-hybridized carbons (Fsp3) is 0.167. The Balaban J connectivity index is 1.57. The van der Waals surface area contributed by atoms with E-state index in [0.717, 1.165) is 19.9 Å². The van der Waals surface area contributed by atoms with Gasteiger partial charge in [-0.3, -0.25) is 20.1 Å². The van der Waals surface area contributed by atoms with Gasteiger partial charge in [-0.15, -0.1) is 0 Å². The molecule has 0 aliphatic rings. The van der Waals surface area contributed by atoms with Gasteiger partial charge in [-0.1, -0.05) is 23.9 Å². The van der Waals surface area contributed by atoms with E-state index in [0.29, 0.717) is 12.8 Å². The number of rotatable bonds is 7. The van der Waals surface area contributed by atoms with Crippen LogP contribution in [-0.4, -0.2) is 19.5 Å². The summed E-state index contributed by atoms with van der Waals surface area (Å²) in [5.74, 6) is 0. The number of nitro benzene ring substituents is 1. The third-order valence-electron chi connectivity index (χ3n) is 3.98. The van der Waals surface area contributed by atoms with E-state index < -0.39 is 22.0 Å². The van der Waals surface area contributed by atoms with Crippen LogP contribution in [0.25, 0.3) is 0 Å². The lowest BCUT2D eigenvalue weighted by atomic mass is 10.1. The highest BCUT2D eigenvalue weighted by molar-refractivity contribution is 7.99. The molecule has 0 spiro atoms. The van der Waals surface area contributed by atoms with Crippen molar-refractivity contribution in [2.45, 2.75) is 29.2 Å². The third-order valence-corrected chi connectivity index (χ3v) is 5.00. The molecule has 0 aliphatic heterocycles. The van der Waals surface area contributed by atoms with E-state index in [1.807, 2.05) is 34.2 Å². The largest absolute Gasteiger partial charge is 0.333 e. The number of nitrogens with one attached hydrogen (secondary N) is 2. The third kappa shape index (κ3) is 4.86. The Bertz CT molecular complexity index is 1110. The van der Waals surface area contributed by atoms with Crippen molar-refractivity contribution in [2.75, 3.05) is 0 Å². The molecule has 0 radical (unpaired) electrons. The summed E-state index contributed by atoms with van der Waals surface area (Å²) in [7, 11) is 0. The summed E-state index contributed by atoms with van der Waals surface area (Å²) in [6.45, 7) is 0.199. The Hall–Kier alpha value is -3.40. The summed E-state index contributed by atoms with van der Waals surface area (Å²) in [4.78, 5) is 50.5. The molecule has 0 fully saturated rings. The van der Waals surface area contributed by atoms with Crippen LogP contribution in [0.1, 0.15) is 12.0 Å². The first-order valence-electron chi connectivity index (χ1n) is 8.37. The molecule has 0 atom stereocenters. The van der Waals surface area contributed by atoms with E-state index in [1.54, 1.807) is 12.1 Å². The quantitative estimate of drug-likeness (QED) is 0.460. The van der Waals surface area contributed by atoms with Gasteiger partial charge in [-0.05, 0) is 42.7 Å². The molecule has 10 heteroatoms. The molecule has 2 N–H and O–H groups in total. The fourth-order valence-electron chi connectivity index (χ4n) is 2.59. The first-order valence-corrected chi connectivity index (χ1v) is 9.19. The number of aryl methyl sites for hydroxylation is 1. The lowest BCUT2D eigenvalue weighted by molar-refractivity contribution is -0.384. The van der Waals surface area contributed by atoms with E-state index >= 15 is 0 Å². The topological polar surface area (TPSA) is 131 Å². The van der Waals surface area contributed by atoms with Gasteiger partial charge in [0.2, 0.25) is 0 Å². The highest BCUT2D eigenvalue weighted by Crippen LogP contribution is 2.29. The van der Waals surface area contributed by atoms with E-state index in [9.17, 15) is 24.5 Å². The molecule has 1 aromatic heterocycles. The zero-order chi connectivity index (χ0) is 20.1. The second kappa shape index (κ2) is 8.53. The Kier molecular flexibility index (Phi) is 5.90. The minimum Gasteiger partial charge on any atom is -0.259 e. The lowest BCUT2D eigenvalue weighted by Gasteiger charge is -2.06. The van der Waals surface area contributed by atoms with Gasteiger partial charge in [0, 0.05) is 28.5 Å². The summed E-state index contributed by atoms with van der Waals surface area (Å²) >= 11 is 1.50. The lowest BCUT2D eigenvalue weighted by Crippen LogP contribution is -2.43. The van der Waals surface area contributed by atoms with Crippen molar-refractivity contribution in [3.63, 3.8) is 0 Å². The Morgan fingerprint density at radius 3 is 1.96 bits per heavy atom. The van der Waals surface area contributed by atoms with Crippen LogP contribution in [0.4, 0.5) is 5.69 Å². The number of aromatic amines is 2. The van der Waals surface area contributed by atoms with Gasteiger partial charge < -0.3 is 0 Å². The summed E-state index contributed by atoms with van der Waals surface area (Å²) in [6.07, 6.45) is 1.22. The maximum Gasteiger partial charge on any atom is 0.333 e. The predicted molar refractivity (Wildman–Crippen MR) is 104 cm³/mol. The highest BCUT2D eigenvalue weighted by atomic mass is 32.2. The number of benzene rings is 2. The summed E-state index contributed by atoms with van der Waals surface area (Å²) in [5.41, 5.74) is -1.15. The van der Waals surface area contributed by atoms with Gasteiger partial charge in [0.25, 0.3) is 5.69 Å². The Morgan fingerprint density at radius 2 is 1.43 bits per heavy atom. The monoisotopic (exact) mass is 400 g/mol. The summed E-state index contributed by atoms with van der Waals surface area (Å²) in [6, 6.07) is 14.1. The van der Waals surface area contributed by atoms with Crippen LogP contribution in [0, 0.1) is 10.1 Å². The van der Waals surface area contributed by atoms with Crippen LogP contribution >= 0.6 is 11.8 Å². The van der Waals surface area contributed by atoms with Crippen LogP contribution in [0.2, 0.25) is 0 Å². The smallest absolute Gasteiger partial charge is 0.259 e. The average Bonchev–Trinajstić information content (AvgIpc) is 2.65. The van der Waals surface area contributed by atoms with Crippen molar-refractivity contribution in [1.29, 1.82) is 0 Å². The van der Waals surface area contributed by atoms with Crippen molar-refractivity contribution in [3.05, 3.63) is 95.7 Å². The van der Waals surface area contributed by atoms with Crippen LogP contribution in [0.15, 0.2) is 72.7 Å². The highest BCUT2D eigenvalue weighted by Gasteiger charge is 2.06. The molecule has 144 valence electrons. The Morgan fingerprint density at radius 1 is 0.893 bits per heavy atom. The standard InChI is InChI=1S/C18H16N4O5S/c23-16-19-17(24)21(18(25)20-16)11-1-2-12-3-7-14(8-4-12)28-15-9-5-13(6-10-15)22(26)27/h3-10H,1-2,11H2,(H2,19,20,23,24,25). The number of aromatic nitrogens is 3. The molecule has 1 heterocycles. The molecule has 2 aromatic carbocycles. The van der Waals surface area contributed by atoms with Crippen LogP contribution in [0.5, 0.6) is 0 Å². The fourth-order valence-corrected chi connectivity index (χ4v) is 3.41.